The van der Waals surface area contributed by atoms with Crippen LogP contribution in [0.4, 0.5) is 0 Å². The Labute approximate surface area is 113 Å². The lowest BCUT2D eigenvalue weighted by Gasteiger charge is -2.13. The Bertz CT molecular complexity index is 679. The molecule has 0 aliphatic carbocycles. The van der Waals surface area contributed by atoms with Crippen molar-refractivity contribution < 1.29 is 8.42 Å². The highest BCUT2D eigenvalue weighted by Gasteiger charge is 2.20. The Kier molecular flexibility index (Phi) is 3.24. The fourth-order valence-electron chi connectivity index (χ4n) is 1.50. The number of nitrogens with zero attached hydrogens (tertiary/aromatic N) is 2. The van der Waals surface area contributed by atoms with Gasteiger partial charge in [0.2, 0.25) is 0 Å². The first-order valence-corrected chi connectivity index (χ1v) is 7.30. The standard InChI is InChI=1S/C10H10BrClN2O2S/c1-13(2)17(15,16)14-6-9(12)8-5-7(11)3-4-10(8)14/h3-6H,1-2H3. The third-order valence-electron chi connectivity index (χ3n) is 2.39. The molecule has 0 radical (unpaired) electrons. The van der Waals surface area contributed by atoms with Crippen LogP contribution in [0.2, 0.25) is 5.02 Å². The van der Waals surface area contributed by atoms with Crippen molar-refractivity contribution in [2.24, 2.45) is 0 Å². The van der Waals surface area contributed by atoms with Crippen LogP contribution in [-0.2, 0) is 10.2 Å². The van der Waals surface area contributed by atoms with Crippen molar-refractivity contribution >= 4 is 48.6 Å². The van der Waals surface area contributed by atoms with Gasteiger partial charge in [-0.3, -0.25) is 0 Å². The smallest absolute Gasteiger partial charge is 0.231 e. The van der Waals surface area contributed by atoms with Crippen LogP contribution in [0.1, 0.15) is 0 Å². The van der Waals surface area contributed by atoms with Gasteiger partial charge in [0.15, 0.2) is 0 Å². The van der Waals surface area contributed by atoms with Gasteiger partial charge in [0.05, 0.1) is 10.5 Å². The van der Waals surface area contributed by atoms with Crippen molar-refractivity contribution in [1.82, 2.24) is 8.28 Å². The predicted octanol–water partition coefficient (Wildman–Crippen LogP) is 2.71. The minimum Gasteiger partial charge on any atom is -0.231 e. The van der Waals surface area contributed by atoms with Crippen molar-refractivity contribution in [2.45, 2.75) is 0 Å². The van der Waals surface area contributed by atoms with E-state index in [1.807, 2.05) is 0 Å². The van der Waals surface area contributed by atoms with E-state index in [0.717, 1.165) is 8.78 Å². The SMILES string of the molecule is CN(C)S(=O)(=O)n1cc(Cl)c2cc(Br)ccc21. The Balaban J connectivity index is 2.82. The Morgan fingerprint density at radius 2 is 2.00 bits per heavy atom. The zero-order valence-electron chi connectivity index (χ0n) is 9.18. The minimum absolute atomic E-state index is 0.409. The second kappa shape index (κ2) is 4.28. The van der Waals surface area contributed by atoms with Crippen molar-refractivity contribution in [1.29, 1.82) is 0 Å². The normalized spacial score (nSPS) is 12.5. The number of benzene rings is 1. The highest BCUT2D eigenvalue weighted by Crippen LogP contribution is 2.29. The maximum atomic E-state index is 12.1. The molecule has 4 nitrogen and oxygen atoms in total. The number of rotatable bonds is 2. The third-order valence-corrected chi connectivity index (χ3v) is 4.91. The number of halogens is 2. The molecule has 1 aromatic carbocycles. The van der Waals surface area contributed by atoms with Crippen LogP contribution in [0.5, 0.6) is 0 Å². The number of aromatic nitrogens is 1. The molecule has 0 aliphatic heterocycles. The molecular weight excluding hydrogens is 328 g/mol. The summed E-state index contributed by atoms with van der Waals surface area (Å²) in [4.78, 5) is 0. The molecule has 1 heterocycles. The highest BCUT2D eigenvalue weighted by atomic mass is 79.9. The van der Waals surface area contributed by atoms with E-state index in [1.54, 1.807) is 18.2 Å². The molecule has 1 aromatic heterocycles. The molecule has 0 aliphatic rings. The van der Waals surface area contributed by atoms with E-state index >= 15 is 0 Å². The summed E-state index contributed by atoms with van der Waals surface area (Å²) in [6.07, 6.45) is 1.41. The summed E-state index contributed by atoms with van der Waals surface area (Å²) in [7, 11) is -0.585. The van der Waals surface area contributed by atoms with Crippen molar-refractivity contribution in [2.75, 3.05) is 14.1 Å². The highest BCUT2D eigenvalue weighted by molar-refractivity contribution is 9.10. The maximum absolute atomic E-state index is 12.1. The van der Waals surface area contributed by atoms with Gasteiger partial charge in [0.1, 0.15) is 0 Å². The first kappa shape index (κ1) is 12.9. The van der Waals surface area contributed by atoms with Crippen LogP contribution >= 0.6 is 27.5 Å². The van der Waals surface area contributed by atoms with Gasteiger partial charge in [0, 0.05) is 30.2 Å². The summed E-state index contributed by atoms with van der Waals surface area (Å²) in [6, 6.07) is 5.28. The molecule has 2 rings (SSSR count). The zero-order valence-corrected chi connectivity index (χ0v) is 12.3. The quantitative estimate of drug-likeness (QED) is 0.845. The second-order valence-electron chi connectivity index (χ2n) is 3.72. The fourth-order valence-corrected chi connectivity index (χ4v) is 3.17. The predicted molar refractivity (Wildman–Crippen MR) is 72.7 cm³/mol. The molecule has 0 fully saturated rings. The van der Waals surface area contributed by atoms with Gasteiger partial charge in [-0.2, -0.15) is 12.7 Å². The third kappa shape index (κ3) is 2.10. The lowest BCUT2D eigenvalue weighted by molar-refractivity contribution is 0.512. The van der Waals surface area contributed by atoms with Crippen molar-refractivity contribution in [3.63, 3.8) is 0 Å². The maximum Gasteiger partial charge on any atom is 0.307 e. The minimum atomic E-state index is -3.55. The first-order valence-electron chi connectivity index (χ1n) is 4.73. The molecule has 7 heteroatoms. The van der Waals surface area contributed by atoms with Crippen LogP contribution < -0.4 is 0 Å². The number of fused-ring (bicyclic) bond motifs is 1. The zero-order chi connectivity index (χ0) is 12.8. The molecule has 0 spiro atoms. The van der Waals surface area contributed by atoms with Crippen LogP contribution in [0.25, 0.3) is 10.9 Å². The average molecular weight is 338 g/mol. The van der Waals surface area contributed by atoms with E-state index in [9.17, 15) is 8.42 Å². The Morgan fingerprint density at radius 3 is 2.59 bits per heavy atom. The summed E-state index contributed by atoms with van der Waals surface area (Å²) in [5, 5.41) is 1.11. The number of hydrogen-bond donors (Lipinski definition) is 0. The van der Waals surface area contributed by atoms with E-state index in [2.05, 4.69) is 15.9 Å². The van der Waals surface area contributed by atoms with E-state index in [4.69, 9.17) is 11.6 Å². The summed E-state index contributed by atoms with van der Waals surface area (Å²) in [5.74, 6) is 0. The summed E-state index contributed by atoms with van der Waals surface area (Å²) in [5.41, 5.74) is 0.562. The van der Waals surface area contributed by atoms with E-state index < -0.39 is 10.2 Å². The van der Waals surface area contributed by atoms with Crippen LogP contribution in [0.3, 0.4) is 0 Å². The molecule has 0 bridgehead atoms. The van der Waals surface area contributed by atoms with Crippen molar-refractivity contribution in [3.05, 3.63) is 33.9 Å². The first-order chi connectivity index (χ1) is 7.84. The average Bonchev–Trinajstić information content (AvgIpc) is 2.56. The molecule has 0 saturated carbocycles. The molecule has 0 amide bonds. The van der Waals surface area contributed by atoms with Crippen molar-refractivity contribution in [3.8, 4) is 0 Å². The second-order valence-corrected chi connectivity index (χ2v) is 7.07. The van der Waals surface area contributed by atoms with Gasteiger partial charge < -0.3 is 0 Å². The summed E-state index contributed by atoms with van der Waals surface area (Å²) < 4.78 is 27.3. The monoisotopic (exact) mass is 336 g/mol. The van der Waals surface area contributed by atoms with Gasteiger partial charge >= 0.3 is 10.2 Å². The van der Waals surface area contributed by atoms with E-state index in [1.165, 1.54) is 24.3 Å². The lowest BCUT2D eigenvalue weighted by atomic mass is 10.2. The largest absolute Gasteiger partial charge is 0.307 e. The van der Waals surface area contributed by atoms with Gasteiger partial charge in [0.25, 0.3) is 0 Å². The molecule has 0 atom stereocenters. The van der Waals surface area contributed by atoms with Gasteiger partial charge in [-0.05, 0) is 18.2 Å². The molecular formula is C10H10BrClN2O2S. The van der Waals surface area contributed by atoms with E-state index in [0.29, 0.717) is 15.9 Å². The van der Waals surface area contributed by atoms with Crippen LogP contribution in [0, 0.1) is 0 Å². The molecule has 0 N–H and O–H groups in total. The molecule has 17 heavy (non-hydrogen) atoms. The summed E-state index contributed by atoms with van der Waals surface area (Å²) >= 11 is 9.36. The summed E-state index contributed by atoms with van der Waals surface area (Å²) in [6.45, 7) is 0. The van der Waals surface area contributed by atoms with Crippen LogP contribution in [-0.4, -0.2) is 30.8 Å². The van der Waals surface area contributed by atoms with Crippen LogP contribution in [0.15, 0.2) is 28.9 Å². The molecule has 0 saturated heterocycles. The molecule has 2 aromatic rings. The van der Waals surface area contributed by atoms with E-state index in [-0.39, 0.29) is 0 Å². The van der Waals surface area contributed by atoms with Gasteiger partial charge in [-0.1, -0.05) is 27.5 Å². The molecule has 0 unspecified atom stereocenters. The topological polar surface area (TPSA) is 42.3 Å². The Hall–Kier alpha value is -0.560. The fraction of sp³-hybridized carbons (Fsp3) is 0.200. The Morgan fingerprint density at radius 1 is 1.35 bits per heavy atom. The van der Waals surface area contributed by atoms with Gasteiger partial charge in [-0.15, -0.1) is 0 Å². The van der Waals surface area contributed by atoms with Gasteiger partial charge in [-0.25, -0.2) is 3.97 Å². The number of hydrogen-bond acceptors (Lipinski definition) is 2. The molecule has 92 valence electrons. The lowest BCUT2D eigenvalue weighted by Crippen LogP contribution is -2.28.